The number of nitrogens with zero attached hydrogens (tertiary/aromatic N) is 2. The van der Waals surface area contributed by atoms with Gasteiger partial charge in [-0.2, -0.15) is 0 Å². The highest BCUT2D eigenvalue weighted by Crippen LogP contribution is 2.22. The molecule has 0 unspecified atom stereocenters. The van der Waals surface area contributed by atoms with E-state index in [0.717, 1.165) is 10.6 Å². The third-order valence-corrected chi connectivity index (χ3v) is 6.64. The average Bonchev–Trinajstić information content (AvgIpc) is 3.09. The standard InChI is InChI=1S/C19H19N3O3S2/c1-2-12-27(24,25)16-11-7-6-10-15(16)18(23)20-19-22-21-17(26-19)13-14-8-4-3-5-9-14/h3-11H,2,12-13H2,1H3,(H,20,22,23). The van der Waals surface area contributed by atoms with E-state index in [-0.39, 0.29) is 16.2 Å². The Morgan fingerprint density at radius 2 is 1.74 bits per heavy atom. The van der Waals surface area contributed by atoms with Gasteiger partial charge in [0.15, 0.2) is 9.84 Å². The number of hydrogen-bond donors (Lipinski definition) is 1. The Kier molecular flexibility index (Phi) is 5.98. The number of carbonyl (C=O) groups is 1. The van der Waals surface area contributed by atoms with Gasteiger partial charge in [0.05, 0.1) is 16.2 Å². The molecule has 0 aliphatic rings. The molecule has 0 atom stereocenters. The highest BCUT2D eigenvalue weighted by molar-refractivity contribution is 7.91. The van der Waals surface area contributed by atoms with Gasteiger partial charge in [-0.1, -0.05) is 60.7 Å². The van der Waals surface area contributed by atoms with Gasteiger partial charge in [-0.15, -0.1) is 10.2 Å². The first-order valence-electron chi connectivity index (χ1n) is 8.49. The Bertz CT molecular complexity index is 1030. The minimum atomic E-state index is -3.51. The second-order valence-corrected chi connectivity index (χ2v) is 9.07. The van der Waals surface area contributed by atoms with Crippen molar-refractivity contribution < 1.29 is 13.2 Å². The molecule has 0 spiro atoms. The fourth-order valence-electron chi connectivity index (χ4n) is 2.61. The molecule has 0 radical (unpaired) electrons. The molecule has 1 amide bonds. The third-order valence-electron chi connectivity index (χ3n) is 3.83. The molecule has 27 heavy (non-hydrogen) atoms. The summed E-state index contributed by atoms with van der Waals surface area (Å²) in [6.07, 6.45) is 1.10. The van der Waals surface area contributed by atoms with Crippen molar-refractivity contribution in [2.24, 2.45) is 0 Å². The fourth-order valence-corrected chi connectivity index (χ4v) is 4.92. The van der Waals surface area contributed by atoms with Crippen LogP contribution in [0.2, 0.25) is 0 Å². The highest BCUT2D eigenvalue weighted by atomic mass is 32.2. The largest absolute Gasteiger partial charge is 0.296 e. The number of amides is 1. The lowest BCUT2D eigenvalue weighted by molar-refractivity contribution is 0.102. The lowest BCUT2D eigenvalue weighted by Crippen LogP contribution is -2.17. The molecule has 140 valence electrons. The molecule has 1 heterocycles. The van der Waals surface area contributed by atoms with E-state index in [2.05, 4.69) is 15.5 Å². The normalized spacial score (nSPS) is 11.3. The highest BCUT2D eigenvalue weighted by Gasteiger charge is 2.22. The Labute approximate surface area is 162 Å². The van der Waals surface area contributed by atoms with Gasteiger partial charge in [0.25, 0.3) is 5.91 Å². The SMILES string of the molecule is CCCS(=O)(=O)c1ccccc1C(=O)Nc1nnc(Cc2ccccc2)s1. The number of rotatable bonds is 7. The summed E-state index contributed by atoms with van der Waals surface area (Å²) in [5, 5.41) is 11.9. The number of hydrogen-bond acceptors (Lipinski definition) is 6. The van der Waals surface area contributed by atoms with Crippen LogP contribution in [0.1, 0.15) is 34.3 Å². The van der Waals surface area contributed by atoms with Crippen molar-refractivity contribution in [3.05, 3.63) is 70.7 Å². The molecule has 0 saturated heterocycles. The van der Waals surface area contributed by atoms with Gasteiger partial charge in [-0.3, -0.25) is 10.1 Å². The summed E-state index contributed by atoms with van der Waals surface area (Å²) in [7, 11) is -3.51. The molecule has 3 aromatic rings. The minimum absolute atomic E-state index is 0.00265. The monoisotopic (exact) mass is 401 g/mol. The maximum Gasteiger partial charge on any atom is 0.258 e. The van der Waals surface area contributed by atoms with Crippen LogP contribution in [0.3, 0.4) is 0 Å². The molecule has 0 saturated carbocycles. The van der Waals surface area contributed by atoms with Crippen molar-refractivity contribution in [3.8, 4) is 0 Å². The number of anilines is 1. The van der Waals surface area contributed by atoms with Crippen molar-refractivity contribution >= 4 is 32.2 Å². The first kappa shape index (κ1) is 19.2. The zero-order valence-corrected chi connectivity index (χ0v) is 16.4. The summed E-state index contributed by atoms with van der Waals surface area (Å²) in [4.78, 5) is 12.7. The van der Waals surface area contributed by atoms with Crippen LogP contribution < -0.4 is 5.32 Å². The summed E-state index contributed by atoms with van der Waals surface area (Å²) < 4.78 is 24.8. The molecule has 0 bridgehead atoms. The lowest BCUT2D eigenvalue weighted by atomic mass is 10.2. The van der Waals surface area contributed by atoms with E-state index in [4.69, 9.17) is 0 Å². The molecule has 1 aromatic heterocycles. The second kappa shape index (κ2) is 8.41. The molecule has 3 rings (SSSR count). The van der Waals surface area contributed by atoms with Crippen LogP contribution in [-0.4, -0.2) is 30.3 Å². The molecule has 8 heteroatoms. The van der Waals surface area contributed by atoms with Crippen LogP contribution in [0.4, 0.5) is 5.13 Å². The molecule has 6 nitrogen and oxygen atoms in total. The maximum absolute atomic E-state index is 12.6. The van der Waals surface area contributed by atoms with Crippen LogP contribution in [0, 0.1) is 0 Å². The first-order chi connectivity index (χ1) is 13.0. The second-order valence-electron chi connectivity index (χ2n) is 5.93. The van der Waals surface area contributed by atoms with E-state index >= 15 is 0 Å². The van der Waals surface area contributed by atoms with Crippen molar-refractivity contribution in [2.45, 2.75) is 24.7 Å². The van der Waals surface area contributed by atoms with E-state index in [1.165, 1.54) is 23.5 Å². The molecule has 0 aliphatic carbocycles. The van der Waals surface area contributed by atoms with Crippen LogP contribution in [0.5, 0.6) is 0 Å². The van der Waals surface area contributed by atoms with Crippen LogP contribution in [0.15, 0.2) is 59.5 Å². The number of benzene rings is 2. The van der Waals surface area contributed by atoms with Crippen molar-refractivity contribution in [1.29, 1.82) is 0 Å². The Balaban J connectivity index is 1.77. The maximum atomic E-state index is 12.6. The minimum Gasteiger partial charge on any atom is -0.296 e. The average molecular weight is 402 g/mol. The predicted octanol–water partition coefficient (Wildman–Crippen LogP) is 3.56. The van der Waals surface area contributed by atoms with Gasteiger partial charge in [0.2, 0.25) is 5.13 Å². The van der Waals surface area contributed by atoms with Crippen molar-refractivity contribution in [1.82, 2.24) is 10.2 Å². The van der Waals surface area contributed by atoms with Gasteiger partial charge in [0.1, 0.15) is 5.01 Å². The van der Waals surface area contributed by atoms with Gasteiger partial charge in [-0.05, 0) is 24.1 Å². The quantitative estimate of drug-likeness (QED) is 0.654. The predicted molar refractivity (Wildman–Crippen MR) is 106 cm³/mol. The van der Waals surface area contributed by atoms with Crippen molar-refractivity contribution in [2.75, 3.05) is 11.1 Å². The lowest BCUT2D eigenvalue weighted by Gasteiger charge is -2.09. The summed E-state index contributed by atoms with van der Waals surface area (Å²) in [6, 6.07) is 16.1. The molecular weight excluding hydrogens is 382 g/mol. The molecule has 1 N–H and O–H groups in total. The number of carbonyl (C=O) groups excluding carboxylic acids is 1. The zero-order chi connectivity index (χ0) is 19.3. The summed E-state index contributed by atoms with van der Waals surface area (Å²) in [6.45, 7) is 1.79. The van der Waals surface area contributed by atoms with Crippen LogP contribution in [-0.2, 0) is 16.3 Å². The van der Waals surface area contributed by atoms with Gasteiger partial charge in [-0.25, -0.2) is 8.42 Å². The Morgan fingerprint density at radius 3 is 2.48 bits per heavy atom. The zero-order valence-electron chi connectivity index (χ0n) is 14.8. The fraction of sp³-hybridized carbons (Fsp3) is 0.211. The Hall–Kier alpha value is -2.58. The van der Waals surface area contributed by atoms with Gasteiger partial charge < -0.3 is 0 Å². The van der Waals surface area contributed by atoms with E-state index in [0.29, 0.717) is 18.0 Å². The molecule has 0 fully saturated rings. The molecular formula is C19H19N3O3S2. The Morgan fingerprint density at radius 1 is 1.04 bits per heavy atom. The van der Waals surface area contributed by atoms with Gasteiger partial charge >= 0.3 is 0 Å². The van der Waals surface area contributed by atoms with Crippen LogP contribution >= 0.6 is 11.3 Å². The van der Waals surface area contributed by atoms with E-state index in [9.17, 15) is 13.2 Å². The summed E-state index contributed by atoms with van der Waals surface area (Å²) >= 11 is 1.27. The van der Waals surface area contributed by atoms with E-state index < -0.39 is 15.7 Å². The molecule has 2 aromatic carbocycles. The number of sulfone groups is 1. The van der Waals surface area contributed by atoms with Crippen LogP contribution in [0.25, 0.3) is 0 Å². The van der Waals surface area contributed by atoms with Crippen molar-refractivity contribution in [3.63, 3.8) is 0 Å². The summed E-state index contributed by atoms with van der Waals surface area (Å²) in [5.41, 5.74) is 1.22. The molecule has 0 aliphatic heterocycles. The topological polar surface area (TPSA) is 89.0 Å². The smallest absolute Gasteiger partial charge is 0.258 e. The first-order valence-corrected chi connectivity index (χ1v) is 11.0. The summed E-state index contributed by atoms with van der Waals surface area (Å²) in [5.74, 6) is -0.509. The number of aromatic nitrogens is 2. The van der Waals surface area contributed by atoms with E-state index in [1.54, 1.807) is 19.1 Å². The van der Waals surface area contributed by atoms with Gasteiger partial charge in [0, 0.05) is 6.42 Å². The number of nitrogens with one attached hydrogen (secondary N) is 1. The van der Waals surface area contributed by atoms with E-state index in [1.807, 2.05) is 30.3 Å². The third kappa shape index (κ3) is 4.78.